The Balaban J connectivity index is 1.81. The lowest BCUT2D eigenvalue weighted by molar-refractivity contribution is 0.174. The lowest BCUT2D eigenvalue weighted by Crippen LogP contribution is -2.13. The number of hydrogen-bond acceptors (Lipinski definition) is 3. The van der Waals surface area contributed by atoms with Gasteiger partial charge in [0.1, 0.15) is 0 Å². The van der Waals surface area contributed by atoms with Crippen LogP contribution in [0.4, 0.5) is 0 Å². The Morgan fingerprint density at radius 3 is 2.52 bits per heavy atom. The zero-order valence-electron chi connectivity index (χ0n) is 11.7. The predicted molar refractivity (Wildman–Crippen MR) is 82.3 cm³/mol. The summed E-state index contributed by atoms with van der Waals surface area (Å²) >= 11 is 6.49. The molecule has 2 unspecified atom stereocenters. The minimum Gasteiger partial charge on any atom is -0.454 e. The van der Waals surface area contributed by atoms with Gasteiger partial charge in [0, 0.05) is 23.0 Å². The van der Waals surface area contributed by atoms with Crippen molar-refractivity contribution in [2.75, 3.05) is 13.8 Å². The Hall–Kier alpha value is -1.71. The molecule has 0 fully saturated rings. The van der Waals surface area contributed by atoms with Gasteiger partial charge in [-0.2, -0.15) is 0 Å². The molecule has 2 atom stereocenters. The molecule has 0 bridgehead atoms. The highest BCUT2D eigenvalue weighted by Gasteiger charge is 2.33. The molecule has 0 amide bonds. The van der Waals surface area contributed by atoms with Gasteiger partial charge >= 0.3 is 0 Å². The van der Waals surface area contributed by atoms with E-state index in [4.69, 9.17) is 21.1 Å². The molecule has 2 aromatic carbocycles. The number of fused-ring (bicyclic) bond motifs is 2. The van der Waals surface area contributed by atoms with Gasteiger partial charge in [-0.25, -0.2) is 0 Å². The summed E-state index contributed by atoms with van der Waals surface area (Å²) in [6, 6.07) is 12.8. The third kappa shape index (κ3) is 2.00. The van der Waals surface area contributed by atoms with Crippen molar-refractivity contribution in [1.29, 1.82) is 0 Å². The lowest BCUT2D eigenvalue weighted by atomic mass is 9.92. The van der Waals surface area contributed by atoms with Gasteiger partial charge in [-0.15, -0.1) is 0 Å². The number of hydrogen-bond donors (Lipinski definition) is 1. The van der Waals surface area contributed by atoms with Crippen LogP contribution in [0.2, 0.25) is 5.02 Å². The Kier molecular flexibility index (Phi) is 3.05. The Morgan fingerprint density at radius 2 is 1.76 bits per heavy atom. The van der Waals surface area contributed by atoms with Gasteiger partial charge in [-0.1, -0.05) is 35.9 Å². The van der Waals surface area contributed by atoms with Crippen LogP contribution in [-0.2, 0) is 0 Å². The van der Waals surface area contributed by atoms with E-state index in [9.17, 15) is 0 Å². The van der Waals surface area contributed by atoms with Crippen LogP contribution in [0.3, 0.4) is 0 Å². The molecule has 0 radical (unpaired) electrons. The quantitative estimate of drug-likeness (QED) is 0.913. The van der Waals surface area contributed by atoms with E-state index in [1.807, 2.05) is 19.2 Å². The summed E-state index contributed by atoms with van der Waals surface area (Å²) in [7, 11) is 2.01. The van der Waals surface area contributed by atoms with Crippen LogP contribution in [0.5, 0.6) is 11.5 Å². The molecule has 4 rings (SSSR count). The average Bonchev–Trinajstić information content (AvgIpc) is 3.09. The molecule has 0 saturated heterocycles. The fraction of sp³-hybridized carbons (Fsp3) is 0.294. The first-order valence-corrected chi connectivity index (χ1v) is 7.51. The largest absolute Gasteiger partial charge is 0.454 e. The number of benzene rings is 2. The van der Waals surface area contributed by atoms with Crippen molar-refractivity contribution in [3.8, 4) is 11.5 Å². The SMILES string of the molecule is CNC1CC(c2cc3c(cc2Cl)OCO3)c2ccccc21. The van der Waals surface area contributed by atoms with Crippen molar-refractivity contribution in [2.24, 2.45) is 0 Å². The fourth-order valence-electron chi connectivity index (χ4n) is 3.40. The molecule has 2 aromatic rings. The van der Waals surface area contributed by atoms with Crippen LogP contribution >= 0.6 is 11.6 Å². The van der Waals surface area contributed by atoms with E-state index >= 15 is 0 Å². The first kappa shape index (κ1) is 13.0. The summed E-state index contributed by atoms with van der Waals surface area (Å²) in [5.74, 6) is 1.82. The highest BCUT2D eigenvalue weighted by molar-refractivity contribution is 6.31. The van der Waals surface area contributed by atoms with Gasteiger partial charge in [0.2, 0.25) is 6.79 Å². The second-order valence-electron chi connectivity index (χ2n) is 5.49. The highest BCUT2D eigenvalue weighted by atomic mass is 35.5. The lowest BCUT2D eigenvalue weighted by Gasteiger charge is -2.15. The van der Waals surface area contributed by atoms with Crippen molar-refractivity contribution in [3.63, 3.8) is 0 Å². The summed E-state index contributed by atoms with van der Waals surface area (Å²) < 4.78 is 10.9. The van der Waals surface area contributed by atoms with E-state index in [2.05, 4.69) is 29.6 Å². The first-order chi connectivity index (χ1) is 10.3. The van der Waals surface area contributed by atoms with Gasteiger partial charge in [-0.3, -0.25) is 0 Å². The second kappa shape index (κ2) is 4.93. The minimum atomic E-state index is 0.273. The van der Waals surface area contributed by atoms with Crippen LogP contribution in [0, 0.1) is 0 Å². The van der Waals surface area contributed by atoms with Crippen LogP contribution < -0.4 is 14.8 Å². The van der Waals surface area contributed by atoms with Gasteiger partial charge in [0.25, 0.3) is 0 Å². The molecule has 1 aliphatic heterocycles. The molecule has 0 saturated carbocycles. The van der Waals surface area contributed by atoms with E-state index < -0.39 is 0 Å². The van der Waals surface area contributed by atoms with Crippen LogP contribution in [-0.4, -0.2) is 13.8 Å². The third-order valence-corrected chi connectivity index (χ3v) is 4.76. The molecule has 1 aliphatic carbocycles. The number of rotatable bonds is 2. The van der Waals surface area contributed by atoms with Crippen molar-refractivity contribution < 1.29 is 9.47 Å². The molecule has 0 aromatic heterocycles. The van der Waals surface area contributed by atoms with Gasteiger partial charge in [-0.05, 0) is 36.2 Å². The summed E-state index contributed by atoms with van der Waals surface area (Å²) in [4.78, 5) is 0. The smallest absolute Gasteiger partial charge is 0.231 e. The standard InChI is InChI=1S/C17H16ClNO2/c1-19-15-6-12(10-4-2-3-5-11(10)15)13-7-16-17(8-14(13)18)21-9-20-16/h2-5,7-8,12,15,19H,6,9H2,1H3. The fourth-order valence-corrected chi connectivity index (χ4v) is 3.69. The molecule has 4 heteroatoms. The Labute approximate surface area is 128 Å². The highest BCUT2D eigenvalue weighted by Crippen LogP contribution is 2.48. The zero-order chi connectivity index (χ0) is 14.4. The maximum atomic E-state index is 6.49. The molecule has 1 N–H and O–H groups in total. The van der Waals surface area contributed by atoms with Crippen molar-refractivity contribution in [2.45, 2.75) is 18.4 Å². The van der Waals surface area contributed by atoms with E-state index in [-0.39, 0.29) is 6.79 Å². The van der Waals surface area contributed by atoms with E-state index in [0.717, 1.165) is 28.5 Å². The molecular weight excluding hydrogens is 286 g/mol. The normalized spacial score (nSPS) is 22.4. The maximum Gasteiger partial charge on any atom is 0.231 e. The molecule has 3 nitrogen and oxygen atoms in total. The van der Waals surface area contributed by atoms with Crippen LogP contribution in [0.1, 0.15) is 35.1 Å². The minimum absolute atomic E-state index is 0.273. The Morgan fingerprint density at radius 1 is 1.05 bits per heavy atom. The van der Waals surface area contributed by atoms with Gasteiger partial charge in [0.05, 0.1) is 0 Å². The topological polar surface area (TPSA) is 30.5 Å². The number of halogens is 1. The zero-order valence-corrected chi connectivity index (χ0v) is 12.5. The molecule has 108 valence electrons. The molecule has 2 aliphatic rings. The van der Waals surface area contributed by atoms with Crippen LogP contribution in [0.25, 0.3) is 0 Å². The average molecular weight is 302 g/mol. The van der Waals surface area contributed by atoms with Gasteiger partial charge < -0.3 is 14.8 Å². The molecule has 1 heterocycles. The summed E-state index contributed by atoms with van der Waals surface area (Å²) in [6.45, 7) is 0.273. The molecule has 21 heavy (non-hydrogen) atoms. The predicted octanol–water partition coefficient (Wildman–Crippen LogP) is 3.86. The summed E-state index contributed by atoms with van der Waals surface area (Å²) in [5, 5.41) is 4.14. The third-order valence-electron chi connectivity index (χ3n) is 4.43. The summed E-state index contributed by atoms with van der Waals surface area (Å²) in [5.41, 5.74) is 3.82. The summed E-state index contributed by atoms with van der Waals surface area (Å²) in [6.07, 6.45) is 1.01. The van der Waals surface area contributed by atoms with Crippen molar-refractivity contribution in [3.05, 3.63) is 58.1 Å². The van der Waals surface area contributed by atoms with E-state index in [1.165, 1.54) is 11.1 Å². The number of nitrogens with one attached hydrogen (secondary N) is 1. The Bertz CT molecular complexity index is 701. The van der Waals surface area contributed by atoms with Crippen molar-refractivity contribution >= 4 is 11.6 Å². The first-order valence-electron chi connectivity index (χ1n) is 7.13. The number of ether oxygens (including phenoxy) is 2. The van der Waals surface area contributed by atoms with Crippen molar-refractivity contribution in [1.82, 2.24) is 5.32 Å². The van der Waals surface area contributed by atoms with E-state index in [0.29, 0.717) is 12.0 Å². The maximum absolute atomic E-state index is 6.49. The van der Waals surface area contributed by atoms with E-state index in [1.54, 1.807) is 0 Å². The van der Waals surface area contributed by atoms with Crippen LogP contribution in [0.15, 0.2) is 36.4 Å². The molecule has 0 spiro atoms. The van der Waals surface area contributed by atoms with Gasteiger partial charge in [0.15, 0.2) is 11.5 Å². The monoisotopic (exact) mass is 301 g/mol. The molecular formula is C17H16ClNO2. The second-order valence-corrected chi connectivity index (χ2v) is 5.89.